The number of methoxy groups -OCH3 is 1. The molecule has 2 nitrogen and oxygen atoms in total. The van der Waals surface area contributed by atoms with E-state index >= 15 is 0 Å². The minimum atomic E-state index is -0.701. The predicted octanol–water partition coefficient (Wildman–Crippen LogP) is 3.04. The van der Waals surface area contributed by atoms with Crippen molar-refractivity contribution >= 4 is 11.6 Å². The van der Waals surface area contributed by atoms with Crippen molar-refractivity contribution in [1.82, 2.24) is 0 Å². The molecule has 78 valence electrons. The number of ether oxygens (including phenoxy) is 1. The molecule has 0 atom stereocenters. The molecule has 0 spiro atoms. The summed E-state index contributed by atoms with van der Waals surface area (Å²) in [6, 6.07) is 4.92. The molecule has 1 aliphatic carbocycles. The van der Waals surface area contributed by atoms with Crippen LogP contribution in [0.3, 0.4) is 0 Å². The molecule has 0 saturated heterocycles. The lowest BCUT2D eigenvalue weighted by Gasteiger charge is -2.11. The Kier molecular flexibility index (Phi) is 2.32. The molecule has 0 radical (unpaired) electrons. The zero-order valence-corrected chi connectivity index (χ0v) is 8.94. The maximum absolute atomic E-state index is 13.7. The molecule has 15 heavy (non-hydrogen) atoms. The average Bonchev–Trinajstić information content (AvgIpc) is 2.97. The van der Waals surface area contributed by atoms with Gasteiger partial charge in [-0.2, -0.15) is 5.26 Å². The van der Waals surface area contributed by atoms with E-state index in [1.54, 1.807) is 0 Å². The zero-order valence-electron chi connectivity index (χ0n) is 8.18. The third kappa shape index (κ3) is 1.55. The Bertz CT molecular complexity index is 425. The second-order valence-corrected chi connectivity index (χ2v) is 4.07. The van der Waals surface area contributed by atoms with Crippen LogP contribution in [0.15, 0.2) is 12.1 Å². The van der Waals surface area contributed by atoms with Crippen molar-refractivity contribution in [1.29, 1.82) is 5.26 Å². The van der Waals surface area contributed by atoms with Crippen LogP contribution in [0.25, 0.3) is 0 Å². The molecule has 1 aromatic rings. The highest BCUT2D eigenvalue weighted by atomic mass is 35.5. The van der Waals surface area contributed by atoms with E-state index in [0.29, 0.717) is 24.2 Å². The summed E-state index contributed by atoms with van der Waals surface area (Å²) in [7, 11) is 1.45. The number of hydrogen-bond acceptors (Lipinski definition) is 2. The van der Waals surface area contributed by atoms with E-state index in [9.17, 15) is 4.39 Å². The van der Waals surface area contributed by atoms with Gasteiger partial charge in [0, 0.05) is 11.6 Å². The topological polar surface area (TPSA) is 33.0 Å². The van der Waals surface area contributed by atoms with Gasteiger partial charge in [0.05, 0.1) is 23.6 Å². The first kappa shape index (κ1) is 10.3. The molecule has 0 unspecified atom stereocenters. The van der Waals surface area contributed by atoms with Crippen molar-refractivity contribution in [2.75, 3.05) is 7.11 Å². The van der Waals surface area contributed by atoms with Crippen LogP contribution in [-0.2, 0) is 5.41 Å². The van der Waals surface area contributed by atoms with Crippen molar-refractivity contribution < 1.29 is 9.13 Å². The molecular formula is C11H9ClFNO. The summed E-state index contributed by atoms with van der Waals surface area (Å²) in [4.78, 5) is 0. The van der Waals surface area contributed by atoms with Crippen LogP contribution in [0, 0.1) is 17.1 Å². The number of halogens is 2. The SMILES string of the molecule is COc1cc(F)c(C2(C#N)CC2)c(Cl)c1. The molecule has 2 rings (SSSR count). The van der Waals surface area contributed by atoms with E-state index in [0.717, 1.165) is 0 Å². The molecule has 1 fully saturated rings. The summed E-state index contributed by atoms with van der Waals surface area (Å²) in [5.74, 6) is -0.0895. The van der Waals surface area contributed by atoms with Gasteiger partial charge in [-0.25, -0.2) is 4.39 Å². The normalized spacial score (nSPS) is 16.9. The zero-order chi connectivity index (χ0) is 11.1. The molecular weight excluding hydrogens is 217 g/mol. The molecule has 0 heterocycles. The number of rotatable bonds is 2. The molecule has 1 aromatic carbocycles. The summed E-state index contributed by atoms with van der Waals surface area (Å²) in [6.45, 7) is 0. The Balaban J connectivity index is 2.54. The van der Waals surface area contributed by atoms with Crippen molar-refractivity contribution in [3.63, 3.8) is 0 Å². The Morgan fingerprint density at radius 1 is 1.53 bits per heavy atom. The highest BCUT2D eigenvalue weighted by Gasteiger charge is 2.48. The quantitative estimate of drug-likeness (QED) is 0.775. The van der Waals surface area contributed by atoms with Gasteiger partial charge >= 0.3 is 0 Å². The summed E-state index contributed by atoms with van der Waals surface area (Å²) in [5.41, 5.74) is -0.388. The highest BCUT2D eigenvalue weighted by Crippen LogP contribution is 2.51. The maximum Gasteiger partial charge on any atom is 0.133 e. The van der Waals surface area contributed by atoms with E-state index in [2.05, 4.69) is 6.07 Å². The molecule has 4 heteroatoms. The van der Waals surface area contributed by atoms with Crippen molar-refractivity contribution in [2.45, 2.75) is 18.3 Å². The molecule has 1 saturated carbocycles. The highest BCUT2D eigenvalue weighted by molar-refractivity contribution is 6.31. The Morgan fingerprint density at radius 2 is 2.20 bits per heavy atom. The standard InChI is InChI=1S/C11H9ClFNO/c1-15-7-4-8(12)10(9(13)5-7)11(6-14)2-3-11/h4-5H,2-3H2,1H3. The fraction of sp³-hybridized carbons (Fsp3) is 0.364. The van der Waals surface area contributed by atoms with Crippen molar-refractivity contribution in [3.05, 3.63) is 28.5 Å². The van der Waals surface area contributed by atoms with Crippen LogP contribution in [0.2, 0.25) is 5.02 Å². The number of benzene rings is 1. The molecule has 0 amide bonds. The summed E-state index contributed by atoms with van der Waals surface area (Å²) in [6.07, 6.45) is 1.35. The third-order valence-electron chi connectivity index (χ3n) is 2.69. The van der Waals surface area contributed by atoms with Gasteiger partial charge in [-0.05, 0) is 18.9 Å². The first-order chi connectivity index (χ1) is 7.13. The fourth-order valence-corrected chi connectivity index (χ4v) is 2.05. The minimum Gasteiger partial charge on any atom is -0.497 e. The van der Waals surface area contributed by atoms with E-state index < -0.39 is 11.2 Å². The molecule has 0 bridgehead atoms. The second-order valence-electron chi connectivity index (χ2n) is 3.66. The Hall–Kier alpha value is -1.27. The maximum atomic E-state index is 13.7. The van der Waals surface area contributed by atoms with Crippen LogP contribution in [0.1, 0.15) is 18.4 Å². The average molecular weight is 226 g/mol. The lowest BCUT2D eigenvalue weighted by Crippen LogP contribution is -2.07. The van der Waals surface area contributed by atoms with Gasteiger partial charge < -0.3 is 4.74 Å². The van der Waals surface area contributed by atoms with Gasteiger partial charge in [-0.15, -0.1) is 0 Å². The van der Waals surface area contributed by atoms with E-state index in [1.165, 1.54) is 19.2 Å². The minimum absolute atomic E-state index is 0.269. The molecule has 0 N–H and O–H groups in total. The molecule has 1 aliphatic rings. The van der Waals surface area contributed by atoms with Gasteiger partial charge in [0.2, 0.25) is 0 Å². The van der Waals surface area contributed by atoms with Crippen molar-refractivity contribution in [2.24, 2.45) is 0 Å². The van der Waals surface area contributed by atoms with Gasteiger partial charge in [0.15, 0.2) is 0 Å². The first-order valence-electron chi connectivity index (χ1n) is 4.58. The lowest BCUT2D eigenvalue weighted by atomic mass is 9.97. The monoisotopic (exact) mass is 225 g/mol. The Labute approximate surface area is 92.2 Å². The smallest absolute Gasteiger partial charge is 0.133 e. The molecule has 0 aliphatic heterocycles. The molecule has 0 aromatic heterocycles. The number of nitrogens with zero attached hydrogens (tertiary/aromatic N) is 1. The van der Waals surface area contributed by atoms with Gasteiger partial charge in [0.25, 0.3) is 0 Å². The second kappa shape index (κ2) is 3.39. The largest absolute Gasteiger partial charge is 0.497 e. The number of nitriles is 1. The fourth-order valence-electron chi connectivity index (χ4n) is 1.67. The summed E-state index contributed by atoms with van der Waals surface area (Å²) in [5, 5.41) is 9.25. The van der Waals surface area contributed by atoms with Crippen molar-refractivity contribution in [3.8, 4) is 11.8 Å². The van der Waals surface area contributed by atoms with Crippen LogP contribution in [0.5, 0.6) is 5.75 Å². The lowest BCUT2D eigenvalue weighted by molar-refractivity contribution is 0.410. The number of hydrogen-bond donors (Lipinski definition) is 0. The van der Waals surface area contributed by atoms with Crippen LogP contribution >= 0.6 is 11.6 Å². The third-order valence-corrected chi connectivity index (χ3v) is 2.99. The van der Waals surface area contributed by atoms with Gasteiger partial charge in [-0.3, -0.25) is 0 Å². The predicted molar refractivity (Wildman–Crippen MR) is 54.5 cm³/mol. The van der Waals surface area contributed by atoms with Gasteiger partial charge in [-0.1, -0.05) is 11.6 Å². The van der Waals surface area contributed by atoms with E-state index in [4.69, 9.17) is 21.6 Å². The Morgan fingerprint density at radius 3 is 2.60 bits per heavy atom. The summed E-state index contributed by atoms with van der Waals surface area (Å²) >= 11 is 5.95. The van der Waals surface area contributed by atoms with Crippen LogP contribution in [0.4, 0.5) is 4.39 Å². The first-order valence-corrected chi connectivity index (χ1v) is 4.95. The van der Waals surface area contributed by atoms with Crippen LogP contribution in [-0.4, -0.2) is 7.11 Å². The van der Waals surface area contributed by atoms with E-state index in [-0.39, 0.29) is 5.02 Å². The van der Waals surface area contributed by atoms with Crippen LogP contribution < -0.4 is 4.74 Å². The summed E-state index contributed by atoms with van der Waals surface area (Å²) < 4.78 is 18.6. The van der Waals surface area contributed by atoms with Gasteiger partial charge in [0.1, 0.15) is 11.6 Å². The van der Waals surface area contributed by atoms with E-state index in [1.807, 2.05) is 0 Å².